The summed E-state index contributed by atoms with van der Waals surface area (Å²) in [6.07, 6.45) is 2.97. The highest BCUT2D eigenvalue weighted by atomic mass is 19.1. The fourth-order valence-corrected chi connectivity index (χ4v) is 2.16. The monoisotopic (exact) mass is 270 g/mol. The Kier molecular flexibility index (Phi) is 6.38. The van der Waals surface area contributed by atoms with Crippen LogP contribution in [0.25, 0.3) is 0 Å². The molecule has 2 N–H and O–H groups in total. The number of rotatable bonds is 7. The third kappa shape index (κ3) is 5.25. The molecule has 4 heteroatoms. The molecule has 1 aromatic carbocycles. The normalized spacial score (nSPS) is 14.7. The van der Waals surface area contributed by atoms with Crippen LogP contribution in [0.3, 0.4) is 0 Å². The number of nitrogens with zero attached hydrogens (tertiary/aromatic N) is 1. The van der Waals surface area contributed by atoms with Gasteiger partial charge in [-0.2, -0.15) is 0 Å². The summed E-state index contributed by atoms with van der Waals surface area (Å²) in [4.78, 5) is 2.24. The maximum Gasteiger partial charge on any atom is 0.126 e. The zero-order chi connectivity index (χ0) is 14.4. The Morgan fingerprint density at radius 1 is 1.16 bits per heavy atom. The molecule has 0 bridgehead atoms. The Labute approximate surface area is 114 Å². The predicted molar refractivity (Wildman–Crippen MR) is 74.9 cm³/mol. The first-order valence-corrected chi connectivity index (χ1v) is 6.85. The summed E-state index contributed by atoms with van der Waals surface area (Å²) in [6.45, 7) is 5.16. The highest BCUT2D eigenvalue weighted by molar-refractivity contribution is 5.21. The molecule has 0 fully saturated rings. The molecule has 0 saturated heterocycles. The predicted octanol–water partition coefficient (Wildman–Crippen LogP) is 3.48. The molecule has 2 atom stereocenters. The molecule has 0 aromatic heterocycles. The van der Waals surface area contributed by atoms with E-state index in [1.165, 1.54) is 12.1 Å². The van der Waals surface area contributed by atoms with Crippen molar-refractivity contribution in [2.45, 2.75) is 45.2 Å². The van der Waals surface area contributed by atoms with Crippen molar-refractivity contribution in [2.75, 3.05) is 13.6 Å². The lowest BCUT2D eigenvalue weighted by atomic mass is 10.0. The van der Waals surface area contributed by atoms with E-state index in [4.69, 9.17) is 5.73 Å². The van der Waals surface area contributed by atoms with Gasteiger partial charge < -0.3 is 10.6 Å². The molecule has 19 heavy (non-hydrogen) atoms. The van der Waals surface area contributed by atoms with Crippen LogP contribution in [0.15, 0.2) is 18.2 Å². The standard InChI is InChI=1S/C15H24F2N2/c1-4-5-11(2)19(3)7-6-15(18)12-8-13(16)10-14(17)9-12/h8-11,15H,4-7,18H2,1-3H3. The summed E-state index contributed by atoms with van der Waals surface area (Å²) >= 11 is 0. The fraction of sp³-hybridized carbons (Fsp3) is 0.600. The molecule has 0 radical (unpaired) electrons. The van der Waals surface area contributed by atoms with Gasteiger partial charge in [0.15, 0.2) is 0 Å². The van der Waals surface area contributed by atoms with Gasteiger partial charge in [-0.25, -0.2) is 8.78 Å². The molecule has 0 aliphatic carbocycles. The highest BCUT2D eigenvalue weighted by Crippen LogP contribution is 2.18. The van der Waals surface area contributed by atoms with Gasteiger partial charge in [0.25, 0.3) is 0 Å². The van der Waals surface area contributed by atoms with Crippen molar-refractivity contribution < 1.29 is 8.78 Å². The van der Waals surface area contributed by atoms with Gasteiger partial charge in [0.05, 0.1) is 0 Å². The Bertz CT molecular complexity index is 375. The van der Waals surface area contributed by atoms with Gasteiger partial charge in [-0.15, -0.1) is 0 Å². The Hall–Kier alpha value is -1.00. The molecule has 0 aliphatic heterocycles. The highest BCUT2D eigenvalue weighted by Gasteiger charge is 2.13. The summed E-state index contributed by atoms with van der Waals surface area (Å²) < 4.78 is 26.2. The van der Waals surface area contributed by atoms with Crippen molar-refractivity contribution in [2.24, 2.45) is 5.73 Å². The van der Waals surface area contributed by atoms with Crippen LogP contribution in [0.2, 0.25) is 0 Å². The smallest absolute Gasteiger partial charge is 0.126 e. The fourth-order valence-electron chi connectivity index (χ4n) is 2.16. The van der Waals surface area contributed by atoms with E-state index >= 15 is 0 Å². The molecule has 0 spiro atoms. The number of halogens is 2. The molecule has 1 rings (SSSR count). The van der Waals surface area contributed by atoms with Crippen LogP contribution >= 0.6 is 0 Å². The molecule has 0 amide bonds. The second-order valence-corrected chi connectivity index (χ2v) is 5.22. The summed E-state index contributed by atoms with van der Waals surface area (Å²) in [6, 6.07) is 3.65. The maximum atomic E-state index is 13.1. The van der Waals surface area contributed by atoms with E-state index in [9.17, 15) is 8.78 Å². The number of hydrogen-bond acceptors (Lipinski definition) is 2. The first-order chi connectivity index (χ1) is 8.93. The first-order valence-electron chi connectivity index (χ1n) is 6.85. The lowest BCUT2D eigenvalue weighted by molar-refractivity contribution is 0.236. The van der Waals surface area contributed by atoms with Crippen LogP contribution in [0.5, 0.6) is 0 Å². The summed E-state index contributed by atoms with van der Waals surface area (Å²) in [7, 11) is 2.05. The lowest BCUT2D eigenvalue weighted by Gasteiger charge is -2.25. The molecular formula is C15H24F2N2. The van der Waals surface area contributed by atoms with E-state index in [2.05, 4.69) is 25.8 Å². The van der Waals surface area contributed by atoms with E-state index in [0.717, 1.165) is 25.5 Å². The van der Waals surface area contributed by atoms with Crippen LogP contribution in [-0.4, -0.2) is 24.5 Å². The van der Waals surface area contributed by atoms with Crippen molar-refractivity contribution in [3.8, 4) is 0 Å². The van der Waals surface area contributed by atoms with E-state index < -0.39 is 11.6 Å². The molecule has 0 saturated carbocycles. The lowest BCUT2D eigenvalue weighted by Crippen LogP contribution is -2.31. The summed E-state index contributed by atoms with van der Waals surface area (Å²) in [5.41, 5.74) is 6.52. The Morgan fingerprint density at radius 3 is 2.26 bits per heavy atom. The van der Waals surface area contributed by atoms with Gasteiger partial charge in [0.2, 0.25) is 0 Å². The van der Waals surface area contributed by atoms with Crippen molar-refractivity contribution in [3.63, 3.8) is 0 Å². The van der Waals surface area contributed by atoms with Crippen molar-refractivity contribution in [1.29, 1.82) is 0 Å². The van der Waals surface area contributed by atoms with Crippen LogP contribution < -0.4 is 5.73 Å². The van der Waals surface area contributed by atoms with Gasteiger partial charge in [0, 0.05) is 18.2 Å². The van der Waals surface area contributed by atoms with Crippen LogP contribution in [0, 0.1) is 11.6 Å². The zero-order valence-electron chi connectivity index (χ0n) is 12.0. The second-order valence-electron chi connectivity index (χ2n) is 5.22. The summed E-state index contributed by atoms with van der Waals surface area (Å²) in [5, 5.41) is 0. The van der Waals surface area contributed by atoms with E-state index in [1.54, 1.807) is 0 Å². The van der Waals surface area contributed by atoms with Crippen LogP contribution in [0.4, 0.5) is 8.78 Å². The SMILES string of the molecule is CCCC(C)N(C)CCC(N)c1cc(F)cc(F)c1. The number of nitrogens with two attached hydrogens (primary N) is 1. The molecule has 0 heterocycles. The van der Waals surface area contributed by atoms with E-state index in [-0.39, 0.29) is 6.04 Å². The second kappa shape index (κ2) is 7.56. The molecule has 108 valence electrons. The minimum Gasteiger partial charge on any atom is -0.324 e. The minimum absolute atomic E-state index is 0.332. The van der Waals surface area contributed by atoms with Gasteiger partial charge >= 0.3 is 0 Å². The third-order valence-corrected chi connectivity index (χ3v) is 3.56. The zero-order valence-corrected chi connectivity index (χ0v) is 12.0. The van der Waals surface area contributed by atoms with Gasteiger partial charge in [0.1, 0.15) is 11.6 Å². The van der Waals surface area contributed by atoms with E-state index in [1.807, 2.05) is 0 Å². The average molecular weight is 270 g/mol. The van der Waals surface area contributed by atoms with Gasteiger partial charge in [-0.3, -0.25) is 0 Å². The molecule has 2 unspecified atom stereocenters. The molecule has 1 aromatic rings. The molecule has 2 nitrogen and oxygen atoms in total. The first kappa shape index (κ1) is 16.1. The van der Waals surface area contributed by atoms with Gasteiger partial charge in [-0.05, 0) is 51.1 Å². The van der Waals surface area contributed by atoms with Crippen LogP contribution in [0.1, 0.15) is 44.7 Å². The number of hydrogen-bond donors (Lipinski definition) is 1. The molecular weight excluding hydrogens is 246 g/mol. The average Bonchev–Trinajstić information content (AvgIpc) is 2.34. The van der Waals surface area contributed by atoms with Crippen molar-refractivity contribution in [3.05, 3.63) is 35.4 Å². The third-order valence-electron chi connectivity index (χ3n) is 3.56. The molecule has 0 aliphatic rings. The van der Waals surface area contributed by atoms with Crippen LogP contribution in [-0.2, 0) is 0 Å². The topological polar surface area (TPSA) is 29.3 Å². The van der Waals surface area contributed by atoms with Crippen molar-refractivity contribution >= 4 is 0 Å². The minimum atomic E-state index is -0.571. The largest absolute Gasteiger partial charge is 0.324 e. The Balaban J connectivity index is 2.53. The maximum absolute atomic E-state index is 13.1. The summed E-state index contributed by atoms with van der Waals surface area (Å²) in [5.74, 6) is -1.14. The van der Waals surface area contributed by atoms with E-state index in [0.29, 0.717) is 18.0 Å². The number of benzene rings is 1. The quantitative estimate of drug-likeness (QED) is 0.822. The van der Waals surface area contributed by atoms with Crippen molar-refractivity contribution in [1.82, 2.24) is 4.90 Å². The van der Waals surface area contributed by atoms with Gasteiger partial charge in [-0.1, -0.05) is 13.3 Å². The Morgan fingerprint density at radius 2 is 1.74 bits per heavy atom.